The molecule has 2 heteroatoms. The molecule has 0 spiro atoms. The lowest BCUT2D eigenvalue weighted by Crippen LogP contribution is -2.46. The quantitative estimate of drug-likeness (QED) is 0.810. The Labute approximate surface area is 107 Å². The van der Waals surface area contributed by atoms with Crippen LogP contribution in [-0.4, -0.2) is 36.1 Å². The van der Waals surface area contributed by atoms with Gasteiger partial charge in [0, 0.05) is 18.1 Å². The van der Waals surface area contributed by atoms with Crippen LogP contribution in [0.3, 0.4) is 0 Å². The molecular formula is C15H30N2. The number of hydrogen-bond donors (Lipinski definition) is 1. The molecule has 0 bridgehead atoms. The van der Waals surface area contributed by atoms with E-state index in [1.165, 1.54) is 51.6 Å². The predicted molar refractivity (Wildman–Crippen MR) is 74.3 cm³/mol. The van der Waals surface area contributed by atoms with E-state index in [9.17, 15) is 0 Å². The van der Waals surface area contributed by atoms with Gasteiger partial charge in [-0.25, -0.2) is 0 Å². The summed E-state index contributed by atoms with van der Waals surface area (Å²) >= 11 is 0. The van der Waals surface area contributed by atoms with E-state index < -0.39 is 0 Å². The normalized spacial score (nSPS) is 34.1. The zero-order chi connectivity index (χ0) is 12.3. The van der Waals surface area contributed by atoms with Gasteiger partial charge < -0.3 is 10.2 Å². The molecule has 0 radical (unpaired) electrons. The summed E-state index contributed by atoms with van der Waals surface area (Å²) in [5, 5.41) is 3.75. The summed E-state index contributed by atoms with van der Waals surface area (Å²) in [6.07, 6.45) is 8.34. The summed E-state index contributed by atoms with van der Waals surface area (Å²) in [7, 11) is 0. The molecule has 0 amide bonds. The monoisotopic (exact) mass is 238 g/mol. The first-order chi connectivity index (χ1) is 8.19. The molecule has 3 atom stereocenters. The van der Waals surface area contributed by atoms with E-state index in [2.05, 4.69) is 31.0 Å². The molecule has 1 N–H and O–H groups in total. The standard InChI is InChI=1S/C15H30N2/c1-4-15-8-10-17(9-7-12(2)16-15)13(3)11-14-5-6-14/h12-16H,4-11H2,1-3H3. The Hall–Kier alpha value is -0.0800. The molecule has 17 heavy (non-hydrogen) atoms. The van der Waals surface area contributed by atoms with Crippen molar-refractivity contribution in [2.24, 2.45) is 5.92 Å². The third kappa shape index (κ3) is 4.26. The van der Waals surface area contributed by atoms with Gasteiger partial charge in [-0.2, -0.15) is 0 Å². The Balaban J connectivity index is 1.83. The van der Waals surface area contributed by atoms with E-state index in [4.69, 9.17) is 0 Å². The van der Waals surface area contributed by atoms with Gasteiger partial charge in [0.25, 0.3) is 0 Å². The average Bonchev–Trinajstić information content (AvgIpc) is 3.07. The molecule has 2 nitrogen and oxygen atoms in total. The van der Waals surface area contributed by atoms with Crippen LogP contribution < -0.4 is 5.32 Å². The highest BCUT2D eigenvalue weighted by molar-refractivity contribution is 4.83. The Morgan fingerprint density at radius 1 is 1.18 bits per heavy atom. The van der Waals surface area contributed by atoms with Gasteiger partial charge in [-0.15, -0.1) is 0 Å². The summed E-state index contributed by atoms with van der Waals surface area (Å²) in [5.74, 6) is 1.06. The summed E-state index contributed by atoms with van der Waals surface area (Å²) < 4.78 is 0. The van der Waals surface area contributed by atoms with Crippen LogP contribution in [0.15, 0.2) is 0 Å². The van der Waals surface area contributed by atoms with E-state index in [1.54, 1.807) is 0 Å². The third-order valence-electron chi connectivity index (χ3n) is 4.62. The van der Waals surface area contributed by atoms with E-state index in [-0.39, 0.29) is 0 Å². The van der Waals surface area contributed by atoms with Gasteiger partial charge >= 0.3 is 0 Å². The van der Waals surface area contributed by atoms with Crippen molar-refractivity contribution in [3.8, 4) is 0 Å². The fourth-order valence-electron chi connectivity index (χ4n) is 3.11. The highest BCUT2D eigenvalue weighted by atomic mass is 15.2. The maximum absolute atomic E-state index is 3.75. The maximum Gasteiger partial charge on any atom is 0.00790 e. The fraction of sp³-hybridized carbons (Fsp3) is 1.00. The van der Waals surface area contributed by atoms with Gasteiger partial charge in [-0.1, -0.05) is 19.8 Å². The lowest BCUT2D eigenvalue weighted by Gasteiger charge is -2.35. The van der Waals surface area contributed by atoms with Gasteiger partial charge in [0.1, 0.15) is 0 Å². The predicted octanol–water partition coefficient (Wildman–Crippen LogP) is 3.03. The number of nitrogens with one attached hydrogen (secondary N) is 1. The van der Waals surface area contributed by atoms with Crippen LogP contribution in [0.25, 0.3) is 0 Å². The fourth-order valence-corrected chi connectivity index (χ4v) is 3.11. The second kappa shape index (κ2) is 6.19. The minimum absolute atomic E-state index is 0.691. The molecule has 0 aromatic rings. The summed E-state index contributed by atoms with van der Waals surface area (Å²) in [6, 6.07) is 2.24. The first-order valence-corrected chi connectivity index (χ1v) is 7.69. The lowest BCUT2D eigenvalue weighted by molar-refractivity contribution is 0.157. The molecule has 1 aliphatic carbocycles. The molecule has 2 aliphatic rings. The third-order valence-corrected chi connectivity index (χ3v) is 4.62. The summed E-state index contributed by atoms with van der Waals surface area (Å²) in [5.41, 5.74) is 0. The van der Waals surface area contributed by atoms with Crippen molar-refractivity contribution in [2.75, 3.05) is 13.1 Å². The minimum Gasteiger partial charge on any atom is -0.311 e. The molecule has 0 aromatic carbocycles. The van der Waals surface area contributed by atoms with Crippen molar-refractivity contribution < 1.29 is 0 Å². The van der Waals surface area contributed by atoms with E-state index >= 15 is 0 Å². The van der Waals surface area contributed by atoms with E-state index in [0.717, 1.165) is 18.0 Å². The second-order valence-corrected chi connectivity index (χ2v) is 6.31. The van der Waals surface area contributed by atoms with Gasteiger partial charge in [-0.05, 0) is 58.5 Å². The minimum atomic E-state index is 0.691. The largest absolute Gasteiger partial charge is 0.311 e. The first kappa shape index (κ1) is 13.4. The van der Waals surface area contributed by atoms with Gasteiger partial charge in [0.15, 0.2) is 0 Å². The smallest absolute Gasteiger partial charge is 0.00790 e. The SMILES string of the molecule is CCC1CCN(C(C)CC2CC2)CCC(C)N1. The van der Waals surface area contributed by atoms with E-state index in [1.807, 2.05) is 0 Å². The number of nitrogens with zero attached hydrogens (tertiary/aromatic N) is 1. The van der Waals surface area contributed by atoms with Crippen molar-refractivity contribution >= 4 is 0 Å². The highest BCUT2D eigenvalue weighted by Gasteiger charge is 2.27. The van der Waals surface area contributed by atoms with E-state index in [0.29, 0.717) is 6.04 Å². The van der Waals surface area contributed by atoms with Crippen molar-refractivity contribution in [2.45, 2.75) is 77.4 Å². The molecule has 1 heterocycles. The van der Waals surface area contributed by atoms with Crippen LogP contribution in [0.1, 0.15) is 59.3 Å². The van der Waals surface area contributed by atoms with Crippen molar-refractivity contribution in [1.82, 2.24) is 10.2 Å². The van der Waals surface area contributed by atoms with Crippen LogP contribution in [0.4, 0.5) is 0 Å². The van der Waals surface area contributed by atoms with Gasteiger partial charge in [0.05, 0.1) is 0 Å². The molecular weight excluding hydrogens is 208 g/mol. The van der Waals surface area contributed by atoms with Crippen molar-refractivity contribution in [3.05, 3.63) is 0 Å². The van der Waals surface area contributed by atoms with Crippen molar-refractivity contribution in [1.29, 1.82) is 0 Å². The van der Waals surface area contributed by atoms with Gasteiger partial charge in [-0.3, -0.25) is 0 Å². The zero-order valence-electron chi connectivity index (χ0n) is 11.9. The summed E-state index contributed by atoms with van der Waals surface area (Å²) in [6.45, 7) is 9.69. The Bertz CT molecular complexity index is 225. The molecule has 1 aliphatic heterocycles. The van der Waals surface area contributed by atoms with Crippen LogP contribution >= 0.6 is 0 Å². The number of rotatable bonds is 4. The molecule has 100 valence electrons. The summed E-state index contributed by atoms with van der Waals surface area (Å²) in [4.78, 5) is 2.75. The van der Waals surface area contributed by atoms with Crippen LogP contribution in [0.5, 0.6) is 0 Å². The molecule has 2 fully saturated rings. The van der Waals surface area contributed by atoms with Crippen molar-refractivity contribution in [3.63, 3.8) is 0 Å². The molecule has 1 saturated carbocycles. The second-order valence-electron chi connectivity index (χ2n) is 6.31. The molecule has 3 unspecified atom stereocenters. The highest BCUT2D eigenvalue weighted by Crippen LogP contribution is 2.34. The lowest BCUT2D eigenvalue weighted by atomic mass is 10.0. The Kier molecular flexibility index (Phi) is 4.87. The Morgan fingerprint density at radius 3 is 2.53 bits per heavy atom. The van der Waals surface area contributed by atoms with Crippen LogP contribution in [-0.2, 0) is 0 Å². The van der Waals surface area contributed by atoms with Crippen LogP contribution in [0, 0.1) is 5.92 Å². The number of hydrogen-bond acceptors (Lipinski definition) is 2. The average molecular weight is 238 g/mol. The van der Waals surface area contributed by atoms with Gasteiger partial charge in [0.2, 0.25) is 0 Å². The Morgan fingerprint density at radius 2 is 1.88 bits per heavy atom. The molecule has 0 aromatic heterocycles. The maximum atomic E-state index is 3.75. The zero-order valence-corrected chi connectivity index (χ0v) is 11.9. The first-order valence-electron chi connectivity index (χ1n) is 7.69. The van der Waals surface area contributed by atoms with Crippen LogP contribution in [0.2, 0.25) is 0 Å². The molecule has 1 saturated heterocycles. The molecule has 2 rings (SSSR count). The topological polar surface area (TPSA) is 15.3 Å².